The predicted molar refractivity (Wildman–Crippen MR) is 75.7 cm³/mol. The molecule has 0 spiro atoms. The lowest BCUT2D eigenvalue weighted by Gasteiger charge is -2.17. The normalized spacial score (nSPS) is 12.6. The molecule has 0 aliphatic carbocycles. The standard InChI is InChI=1S/C14H19N3O/c1-3-18-9-10(2)17-13-7-6-12(15)14-11(13)5-4-8-16-14/h4-8,10,17H,3,9,15H2,1-2H3. The number of nitrogen functional groups attached to an aromatic ring is 1. The van der Waals surface area contributed by atoms with Crippen LogP contribution in [0.5, 0.6) is 0 Å². The number of hydrogen-bond donors (Lipinski definition) is 2. The van der Waals surface area contributed by atoms with E-state index in [-0.39, 0.29) is 6.04 Å². The summed E-state index contributed by atoms with van der Waals surface area (Å²) in [5, 5.41) is 4.47. The van der Waals surface area contributed by atoms with Gasteiger partial charge in [0.05, 0.1) is 17.8 Å². The minimum absolute atomic E-state index is 0.247. The molecule has 0 aliphatic heterocycles. The Labute approximate surface area is 107 Å². The summed E-state index contributed by atoms with van der Waals surface area (Å²) in [5.41, 5.74) is 8.50. The summed E-state index contributed by atoms with van der Waals surface area (Å²) < 4.78 is 5.40. The number of benzene rings is 1. The third-order valence-electron chi connectivity index (χ3n) is 2.77. The smallest absolute Gasteiger partial charge is 0.0951 e. The van der Waals surface area contributed by atoms with E-state index in [0.717, 1.165) is 23.2 Å². The van der Waals surface area contributed by atoms with Gasteiger partial charge >= 0.3 is 0 Å². The van der Waals surface area contributed by atoms with E-state index in [1.165, 1.54) is 0 Å². The average molecular weight is 245 g/mol. The Kier molecular flexibility index (Phi) is 3.99. The van der Waals surface area contributed by atoms with Crippen LogP contribution in [-0.4, -0.2) is 24.2 Å². The van der Waals surface area contributed by atoms with Crippen LogP contribution in [0.1, 0.15) is 13.8 Å². The topological polar surface area (TPSA) is 60.2 Å². The van der Waals surface area contributed by atoms with E-state index in [4.69, 9.17) is 10.5 Å². The van der Waals surface area contributed by atoms with Crippen molar-refractivity contribution in [3.05, 3.63) is 30.5 Å². The van der Waals surface area contributed by atoms with Gasteiger partial charge in [-0.2, -0.15) is 0 Å². The predicted octanol–water partition coefficient (Wildman–Crippen LogP) is 2.65. The maximum absolute atomic E-state index is 5.92. The average Bonchev–Trinajstić information content (AvgIpc) is 2.40. The molecule has 0 aliphatic rings. The van der Waals surface area contributed by atoms with E-state index < -0.39 is 0 Å². The molecule has 0 radical (unpaired) electrons. The first-order valence-corrected chi connectivity index (χ1v) is 6.20. The van der Waals surface area contributed by atoms with Crippen molar-refractivity contribution in [2.75, 3.05) is 24.3 Å². The van der Waals surface area contributed by atoms with Crippen LogP contribution in [0.25, 0.3) is 10.9 Å². The van der Waals surface area contributed by atoms with Crippen LogP contribution in [0.4, 0.5) is 11.4 Å². The fraction of sp³-hybridized carbons (Fsp3) is 0.357. The summed E-state index contributed by atoms with van der Waals surface area (Å²) in [6.07, 6.45) is 1.76. The van der Waals surface area contributed by atoms with Gasteiger partial charge in [0, 0.05) is 29.9 Å². The van der Waals surface area contributed by atoms with Gasteiger partial charge < -0.3 is 15.8 Å². The lowest BCUT2D eigenvalue weighted by Crippen LogP contribution is -2.21. The highest BCUT2D eigenvalue weighted by Gasteiger charge is 2.07. The molecular weight excluding hydrogens is 226 g/mol. The third-order valence-corrected chi connectivity index (χ3v) is 2.77. The lowest BCUT2D eigenvalue weighted by molar-refractivity contribution is 0.141. The Balaban J connectivity index is 2.26. The van der Waals surface area contributed by atoms with Crippen molar-refractivity contribution >= 4 is 22.3 Å². The number of ether oxygens (including phenoxy) is 1. The molecule has 3 N–H and O–H groups in total. The molecule has 96 valence electrons. The number of rotatable bonds is 5. The monoisotopic (exact) mass is 245 g/mol. The third kappa shape index (κ3) is 2.71. The summed E-state index contributed by atoms with van der Waals surface area (Å²) in [6, 6.07) is 8.05. The molecule has 1 atom stereocenters. The number of nitrogens with two attached hydrogens (primary N) is 1. The van der Waals surface area contributed by atoms with Crippen LogP contribution in [0.2, 0.25) is 0 Å². The number of aromatic nitrogens is 1. The first-order chi connectivity index (χ1) is 8.72. The van der Waals surface area contributed by atoms with Crippen LogP contribution in [-0.2, 0) is 4.74 Å². The summed E-state index contributed by atoms with van der Waals surface area (Å²) in [7, 11) is 0. The second-order valence-corrected chi connectivity index (χ2v) is 4.31. The molecule has 0 saturated heterocycles. The van der Waals surface area contributed by atoms with Crippen molar-refractivity contribution in [1.82, 2.24) is 4.98 Å². The van der Waals surface area contributed by atoms with Crippen molar-refractivity contribution in [3.63, 3.8) is 0 Å². The van der Waals surface area contributed by atoms with E-state index in [1.54, 1.807) is 6.20 Å². The van der Waals surface area contributed by atoms with E-state index in [0.29, 0.717) is 12.3 Å². The molecular formula is C14H19N3O. The summed E-state index contributed by atoms with van der Waals surface area (Å²) in [5.74, 6) is 0. The van der Waals surface area contributed by atoms with Crippen LogP contribution in [0.15, 0.2) is 30.5 Å². The Hall–Kier alpha value is -1.81. The van der Waals surface area contributed by atoms with Crippen LogP contribution in [0.3, 0.4) is 0 Å². The number of anilines is 2. The van der Waals surface area contributed by atoms with Gasteiger partial charge in [0.15, 0.2) is 0 Å². The number of nitrogens with one attached hydrogen (secondary N) is 1. The Morgan fingerprint density at radius 3 is 3.00 bits per heavy atom. The Morgan fingerprint density at radius 1 is 1.39 bits per heavy atom. The number of hydrogen-bond acceptors (Lipinski definition) is 4. The second-order valence-electron chi connectivity index (χ2n) is 4.31. The molecule has 4 nitrogen and oxygen atoms in total. The van der Waals surface area contributed by atoms with Crippen molar-refractivity contribution in [3.8, 4) is 0 Å². The maximum atomic E-state index is 5.92. The molecule has 4 heteroatoms. The quantitative estimate of drug-likeness (QED) is 0.795. The molecule has 1 heterocycles. The van der Waals surface area contributed by atoms with Gasteiger partial charge in [-0.05, 0) is 38.1 Å². The molecule has 0 bridgehead atoms. The SMILES string of the molecule is CCOCC(C)Nc1ccc(N)c2ncccc12. The molecule has 18 heavy (non-hydrogen) atoms. The fourth-order valence-electron chi connectivity index (χ4n) is 1.92. The molecule has 0 fully saturated rings. The zero-order chi connectivity index (χ0) is 13.0. The Morgan fingerprint density at radius 2 is 2.22 bits per heavy atom. The van der Waals surface area contributed by atoms with Crippen molar-refractivity contribution < 1.29 is 4.74 Å². The number of nitrogens with zero attached hydrogens (tertiary/aromatic N) is 1. The molecule has 0 saturated carbocycles. The van der Waals surface area contributed by atoms with Crippen LogP contribution >= 0.6 is 0 Å². The second kappa shape index (κ2) is 5.69. The molecule has 2 aromatic rings. The minimum atomic E-state index is 0.247. The van der Waals surface area contributed by atoms with Gasteiger partial charge in [-0.25, -0.2) is 0 Å². The van der Waals surface area contributed by atoms with Gasteiger partial charge in [0.1, 0.15) is 0 Å². The van der Waals surface area contributed by atoms with Crippen molar-refractivity contribution in [1.29, 1.82) is 0 Å². The summed E-state index contributed by atoms with van der Waals surface area (Å²) in [4.78, 5) is 4.31. The minimum Gasteiger partial charge on any atom is -0.397 e. The zero-order valence-corrected chi connectivity index (χ0v) is 10.8. The van der Waals surface area contributed by atoms with Gasteiger partial charge in [-0.3, -0.25) is 4.98 Å². The Bertz CT molecular complexity index is 527. The molecule has 1 unspecified atom stereocenters. The zero-order valence-electron chi connectivity index (χ0n) is 10.8. The number of pyridine rings is 1. The molecule has 1 aromatic carbocycles. The lowest BCUT2D eigenvalue weighted by atomic mass is 10.1. The van der Waals surface area contributed by atoms with Gasteiger partial charge in [-0.15, -0.1) is 0 Å². The summed E-state index contributed by atoms with van der Waals surface area (Å²) >= 11 is 0. The van der Waals surface area contributed by atoms with E-state index in [2.05, 4.69) is 17.2 Å². The van der Waals surface area contributed by atoms with E-state index >= 15 is 0 Å². The first-order valence-electron chi connectivity index (χ1n) is 6.20. The van der Waals surface area contributed by atoms with Crippen LogP contribution in [0, 0.1) is 0 Å². The maximum Gasteiger partial charge on any atom is 0.0951 e. The molecule has 2 rings (SSSR count). The largest absolute Gasteiger partial charge is 0.397 e. The van der Waals surface area contributed by atoms with Crippen molar-refractivity contribution in [2.24, 2.45) is 0 Å². The van der Waals surface area contributed by atoms with Gasteiger partial charge in [0.2, 0.25) is 0 Å². The summed E-state index contributed by atoms with van der Waals surface area (Å²) in [6.45, 7) is 5.50. The van der Waals surface area contributed by atoms with Gasteiger partial charge in [0.25, 0.3) is 0 Å². The van der Waals surface area contributed by atoms with Crippen LogP contribution < -0.4 is 11.1 Å². The van der Waals surface area contributed by atoms with Crippen molar-refractivity contribution in [2.45, 2.75) is 19.9 Å². The fourth-order valence-corrected chi connectivity index (χ4v) is 1.92. The molecule has 1 aromatic heterocycles. The highest BCUT2D eigenvalue weighted by atomic mass is 16.5. The highest BCUT2D eigenvalue weighted by Crippen LogP contribution is 2.26. The van der Waals surface area contributed by atoms with Gasteiger partial charge in [-0.1, -0.05) is 0 Å². The first kappa shape index (κ1) is 12.6. The molecule has 0 amide bonds. The highest BCUT2D eigenvalue weighted by molar-refractivity contribution is 5.98. The number of fused-ring (bicyclic) bond motifs is 1. The van der Waals surface area contributed by atoms with E-state index in [1.807, 2.05) is 31.2 Å². The van der Waals surface area contributed by atoms with E-state index in [9.17, 15) is 0 Å².